The summed E-state index contributed by atoms with van der Waals surface area (Å²) in [6.07, 6.45) is 5.24. The van der Waals surface area contributed by atoms with Gasteiger partial charge in [-0.2, -0.15) is 0 Å². The van der Waals surface area contributed by atoms with Crippen LogP contribution in [0.1, 0.15) is 47.6 Å². The van der Waals surface area contributed by atoms with Crippen LogP contribution in [0.3, 0.4) is 0 Å². The molecule has 0 aliphatic carbocycles. The van der Waals surface area contributed by atoms with Crippen LogP contribution in [0, 0.1) is 0 Å². The molecule has 146 valence electrons. The van der Waals surface area contributed by atoms with Gasteiger partial charge in [-0.1, -0.05) is 74.5 Å². The second kappa shape index (κ2) is 8.91. The highest BCUT2D eigenvalue weighted by Crippen LogP contribution is 2.24. The summed E-state index contributed by atoms with van der Waals surface area (Å²) in [5.41, 5.74) is 7.31. The van der Waals surface area contributed by atoms with E-state index in [1.807, 2.05) is 24.3 Å². The van der Waals surface area contributed by atoms with Crippen molar-refractivity contribution in [3.05, 3.63) is 107 Å². The van der Waals surface area contributed by atoms with Gasteiger partial charge in [-0.25, -0.2) is 0 Å². The van der Waals surface area contributed by atoms with Crippen LogP contribution < -0.4 is 4.74 Å². The first-order valence-corrected chi connectivity index (χ1v) is 10.3. The molecule has 0 amide bonds. The third-order valence-corrected chi connectivity index (χ3v) is 5.30. The highest BCUT2D eigenvalue weighted by molar-refractivity contribution is 6.12. The normalized spacial score (nSPS) is 13.4. The number of allylic oxidation sites excluding steroid dienone is 1. The van der Waals surface area contributed by atoms with E-state index in [4.69, 9.17) is 9.73 Å². The van der Waals surface area contributed by atoms with Crippen molar-refractivity contribution in [2.45, 2.75) is 32.8 Å². The zero-order valence-corrected chi connectivity index (χ0v) is 17.1. The van der Waals surface area contributed by atoms with Crippen molar-refractivity contribution in [3.8, 4) is 5.75 Å². The van der Waals surface area contributed by atoms with E-state index in [2.05, 4.69) is 74.5 Å². The molecule has 1 aliphatic heterocycles. The Labute approximate surface area is 173 Å². The molecule has 4 rings (SSSR count). The van der Waals surface area contributed by atoms with Crippen LogP contribution in [0.4, 0.5) is 0 Å². The van der Waals surface area contributed by atoms with Gasteiger partial charge < -0.3 is 4.74 Å². The van der Waals surface area contributed by atoms with E-state index >= 15 is 0 Å². The van der Waals surface area contributed by atoms with E-state index in [1.54, 1.807) is 0 Å². The molecule has 0 spiro atoms. The largest absolute Gasteiger partial charge is 0.489 e. The minimum Gasteiger partial charge on any atom is -0.489 e. The first kappa shape index (κ1) is 19.2. The summed E-state index contributed by atoms with van der Waals surface area (Å²) in [4.78, 5) is 4.74. The Morgan fingerprint density at radius 3 is 2.48 bits per heavy atom. The van der Waals surface area contributed by atoms with Gasteiger partial charge in [-0.15, -0.1) is 0 Å². The molecule has 0 aromatic heterocycles. The van der Waals surface area contributed by atoms with E-state index in [9.17, 15) is 0 Å². The summed E-state index contributed by atoms with van der Waals surface area (Å²) in [6, 6.07) is 25.4. The van der Waals surface area contributed by atoms with Crippen molar-refractivity contribution >= 4 is 11.8 Å². The summed E-state index contributed by atoms with van der Waals surface area (Å²) < 4.78 is 6.00. The molecule has 0 bridgehead atoms. The van der Waals surface area contributed by atoms with Crippen LogP contribution in [0.15, 0.2) is 83.9 Å². The fourth-order valence-corrected chi connectivity index (χ4v) is 3.55. The Bertz CT molecular complexity index is 1010. The van der Waals surface area contributed by atoms with Crippen LogP contribution in [-0.2, 0) is 13.0 Å². The molecule has 2 nitrogen and oxygen atoms in total. The van der Waals surface area contributed by atoms with Gasteiger partial charge in [0, 0.05) is 12.1 Å². The number of rotatable bonds is 6. The first-order chi connectivity index (χ1) is 14.2. The Morgan fingerprint density at radius 1 is 0.931 bits per heavy atom. The molecule has 29 heavy (non-hydrogen) atoms. The van der Waals surface area contributed by atoms with E-state index < -0.39 is 0 Å². The molecule has 2 heteroatoms. The lowest BCUT2D eigenvalue weighted by Crippen LogP contribution is -2.11. The molecule has 0 saturated heterocycles. The smallest absolute Gasteiger partial charge is 0.120 e. The fraction of sp³-hybridized carbons (Fsp3) is 0.222. The van der Waals surface area contributed by atoms with Crippen LogP contribution >= 0.6 is 0 Å². The molecule has 0 N–H and O–H groups in total. The van der Waals surface area contributed by atoms with Crippen LogP contribution in [0.5, 0.6) is 5.75 Å². The van der Waals surface area contributed by atoms with Gasteiger partial charge in [0.1, 0.15) is 12.4 Å². The van der Waals surface area contributed by atoms with Gasteiger partial charge in [-0.05, 0) is 58.9 Å². The van der Waals surface area contributed by atoms with Crippen LogP contribution in [-0.4, -0.2) is 12.3 Å². The SMILES string of the molecule is CC(C)c1ccc(C=CC2=NCCc3cc(OCc4ccccc4)ccc32)cc1. The topological polar surface area (TPSA) is 21.6 Å². The van der Waals surface area contributed by atoms with Gasteiger partial charge in [0.2, 0.25) is 0 Å². The summed E-state index contributed by atoms with van der Waals surface area (Å²) in [5.74, 6) is 1.48. The quantitative estimate of drug-likeness (QED) is 0.481. The first-order valence-electron chi connectivity index (χ1n) is 10.3. The highest BCUT2D eigenvalue weighted by atomic mass is 16.5. The average molecular weight is 382 g/mol. The third-order valence-electron chi connectivity index (χ3n) is 5.30. The van der Waals surface area contributed by atoms with Gasteiger partial charge in [0.05, 0.1) is 5.71 Å². The minimum atomic E-state index is 0.556. The minimum absolute atomic E-state index is 0.556. The lowest BCUT2D eigenvalue weighted by atomic mass is 9.96. The standard InChI is InChI=1S/C27H27NO/c1-20(2)23-11-8-21(9-12-23)10-15-27-26-14-13-25(18-24(26)16-17-28-27)29-19-22-6-4-3-5-7-22/h3-15,18,20H,16-17,19H2,1-2H3. The van der Waals surface area contributed by atoms with E-state index in [-0.39, 0.29) is 0 Å². The number of hydrogen-bond donors (Lipinski definition) is 0. The zero-order valence-electron chi connectivity index (χ0n) is 17.1. The Balaban J connectivity index is 1.46. The van der Waals surface area contributed by atoms with Crippen molar-refractivity contribution in [3.63, 3.8) is 0 Å². The molecule has 1 aliphatic rings. The highest BCUT2D eigenvalue weighted by Gasteiger charge is 2.13. The predicted molar refractivity (Wildman–Crippen MR) is 122 cm³/mol. The number of nitrogens with zero attached hydrogens (tertiary/aromatic N) is 1. The Kier molecular flexibility index (Phi) is 5.90. The Morgan fingerprint density at radius 2 is 1.72 bits per heavy atom. The third kappa shape index (κ3) is 4.83. The molecular formula is C27H27NO. The fourth-order valence-electron chi connectivity index (χ4n) is 3.55. The van der Waals surface area contributed by atoms with Gasteiger partial charge in [0.25, 0.3) is 0 Å². The van der Waals surface area contributed by atoms with Gasteiger partial charge in [-0.3, -0.25) is 4.99 Å². The van der Waals surface area contributed by atoms with E-state index in [0.717, 1.165) is 24.4 Å². The van der Waals surface area contributed by atoms with Crippen molar-refractivity contribution in [2.24, 2.45) is 4.99 Å². The zero-order chi connectivity index (χ0) is 20.1. The summed E-state index contributed by atoms with van der Waals surface area (Å²) >= 11 is 0. The van der Waals surface area contributed by atoms with Crippen molar-refractivity contribution < 1.29 is 4.74 Å². The van der Waals surface area contributed by atoms with Gasteiger partial charge in [0.15, 0.2) is 0 Å². The van der Waals surface area contributed by atoms with Crippen molar-refractivity contribution in [2.75, 3.05) is 6.54 Å². The maximum atomic E-state index is 6.00. The lowest BCUT2D eigenvalue weighted by Gasteiger charge is -2.16. The maximum absolute atomic E-state index is 6.00. The number of aliphatic imine (C=N–C) groups is 1. The van der Waals surface area contributed by atoms with Crippen molar-refractivity contribution in [1.82, 2.24) is 0 Å². The van der Waals surface area contributed by atoms with Crippen molar-refractivity contribution in [1.29, 1.82) is 0 Å². The molecule has 0 unspecified atom stereocenters. The summed E-state index contributed by atoms with van der Waals surface area (Å²) in [7, 11) is 0. The second-order valence-corrected chi connectivity index (χ2v) is 7.76. The molecule has 0 fully saturated rings. The molecule has 0 radical (unpaired) electrons. The van der Waals surface area contributed by atoms with Crippen LogP contribution in [0.2, 0.25) is 0 Å². The number of ether oxygens (including phenoxy) is 1. The molecule has 0 atom stereocenters. The number of fused-ring (bicyclic) bond motifs is 1. The number of benzene rings is 3. The van der Waals surface area contributed by atoms with E-state index in [0.29, 0.717) is 12.5 Å². The molecule has 1 heterocycles. The lowest BCUT2D eigenvalue weighted by molar-refractivity contribution is 0.306. The molecular weight excluding hydrogens is 354 g/mol. The van der Waals surface area contributed by atoms with Gasteiger partial charge >= 0.3 is 0 Å². The Hall–Kier alpha value is -3.13. The summed E-state index contributed by atoms with van der Waals surface area (Å²) in [6.45, 7) is 5.85. The predicted octanol–water partition coefficient (Wildman–Crippen LogP) is 6.45. The summed E-state index contributed by atoms with van der Waals surface area (Å²) in [5, 5.41) is 0. The monoisotopic (exact) mass is 381 g/mol. The van der Waals surface area contributed by atoms with E-state index in [1.165, 1.54) is 27.8 Å². The average Bonchev–Trinajstić information content (AvgIpc) is 2.77. The number of hydrogen-bond acceptors (Lipinski definition) is 2. The second-order valence-electron chi connectivity index (χ2n) is 7.76. The van der Waals surface area contributed by atoms with Crippen LogP contribution in [0.25, 0.3) is 6.08 Å². The molecule has 3 aromatic rings. The molecule has 3 aromatic carbocycles. The molecule has 0 saturated carbocycles. The maximum Gasteiger partial charge on any atom is 0.120 e.